The van der Waals surface area contributed by atoms with E-state index in [1.807, 2.05) is 19.1 Å². The predicted octanol–water partition coefficient (Wildman–Crippen LogP) is 2.82. The SMILES string of the molecule is Cc1ccc(Cl)c(OC[C@]2(O)CCCN(C(=O)c3ccn(C)n3)CC2)c1. The van der Waals surface area contributed by atoms with Crippen LogP contribution in [0.15, 0.2) is 30.5 Å². The van der Waals surface area contributed by atoms with E-state index >= 15 is 0 Å². The molecule has 1 aromatic heterocycles. The Kier molecular flexibility index (Phi) is 5.53. The van der Waals surface area contributed by atoms with Gasteiger partial charge in [0.2, 0.25) is 0 Å². The average molecular weight is 378 g/mol. The van der Waals surface area contributed by atoms with Crippen LogP contribution in [0.2, 0.25) is 5.02 Å². The number of halogens is 1. The van der Waals surface area contributed by atoms with Gasteiger partial charge in [0.15, 0.2) is 0 Å². The van der Waals surface area contributed by atoms with E-state index < -0.39 is 5.60 Å². The molecule has 0 unspecified atom stereocenters. The van der Waals surface area contributed by atoms with Crippen molar-refractivity contribution in [3.8, 4) is 5.75 Å². The molecule has 0 aliphatic carbocycles. The fourth-order valence-corrected chi connectivity index (χ4v) is 3.32. The number of nitrogens with zero attached hydrogens (tertiary/aromatic N) is 3. The molecule has 1 aliphatic heterocycles. The van der Waals surface area contributed by atoms with E-state index in [0.717, 1.165) is 5.56 Å². The van der Waals surface area contributed by atoms with Gasteiger partial charge in [-0.05, 0) is 49.9 Å². The van der Waals surface area contributed by atoms with Gasteiger partial charge in [-0.3, -0.25) is 9.48 Å². The van der Waals surface area contributed by atoms with Crippen LogP contribution in [0.5, 0.6) is 5.75 Å². The maximum Gasteiger partial charge on any atom is 0.274 e. The number of likely N-dealkylation sites (tertiary alicyclic amines) is 1. The van der Waals surface area contributed by atoms with E-state index in [0.29, 0.717) is 48.8 Å². The van der Waals surface area contributed by atoms with Crippen LogP contribution in [-0.2, 0) is 7.05 Å². The summed E-state index contributed by atoms with van der Waals surface area (Å²) in [6, 6.07) is 7.27. The summed E-state index contributed by atoms with van der Waals surface area (Å²) in [5, 5.41) is 15.6. The fraction of sp³-hybridized carbons (Fsp3) is 0.474. The number of ether oxygens (including phenoxy) is 1. The second-order valence-electron chi connectivity index (χ2n) is 6.97. The van der Waals surface area contributed by atoms with Gasteiger partial charge in [-0.15, -0.1) is 0 Å². The van der Waals surface area contributed by atoms with Gasteiger partial charge in [0, 0.05) is 26.3 Å². The van der Waals surface area contributed by atoms with Crippen molar-refractivity contribution in [3.05, 3.63) is 46.7 Å². The highest BCUT2D eigenvalue weighted by atomic mass is 35.5. The molecular weight excluding hydrogens is 354 g/mol. The first-order valence-electron chi connectivity index (χ1n) is 8.77. The molecule has 140 valence electrons. The van der Waals surface area contributed by atoms with Crippen molar-refractivity contribution >= 4 is 17.5 Å². The first-order chi connectivity index (χ1) is 12.4. The average Bonchev–Trinajstić information content (AvgIpc) is 2.95. The van der Waals surface area contributed by atoms with E-state index in [9.17, 15) is 9.90 Å². The quantitative estimate of drug-likeness (QED) is 0.889. The Morgan fingerprint density at radius 1 is 1.35 bits per heavy atom. The van der Waals surface area contributed by atoms with Gasteiger partial charge in [0.25, 0.3) is 5.91 Å². The highest BCUT2D eigenvalue weighted by Gasteiger charge is 2.33. The van der Waals surface area contributed by atoms with Crippen LogP contribution in [0.4, 0.5) is 0 Å². The van der Waals surface area contributed by atoms with Crippen LogP contribution in [-0.4, -0.2) is 51.0 Å². The highest BCUT2D eigenvalue weighted by Crippen LogP contribution is 2.29. The van der Waals surface area contributed by atoms with Gasteiger partial charge in [-0.25, -0.2) is 0 Å². The van der Waals surface area contributed by atoms with Crippen molar-refractivity contribution in [2.45, 2.75) is 31.8 Å². The molecule has 1 saturated heterocycles. The number of carbonyl (C=O) groups is 1. The number of hydrogen-bond donors (Lipinski definition) is 1. The maximum atomic E-state index is 12.6. The molecule has 0 radical (unpaired) electrons. The number of amides is 1. The van der Waals surface area contributed by atoms with Gasteiger partial charge in [0.05, 0.1) is 5.02 Å². The Morgan fingerprint density at radius 2 is 2.15 bits per heavy atom. The smallest absolute Gasteiger partial charge is 0.274 e. The third-order valence-corrected chi connectivity index (χ3v) is 5.03. The van der Waals surface area contributed by atoms with Crippen LogP contribution in [0.25, 0.3) is 0 Å². The highest BCUT2D eigenvalue weighted by molar-refractivity contribution is 6.32. The molecule has 0 saturated carbocycles. The Morgan fingerprint density at radius 3 is 2.88 bits per heavy atom. The predicted molar refractivity (Wildman–Crippen MR) is 99.6 cm³/mol. The molecule has 2 aromatic rings. The normalized spacial score (nSPS) is 20.7. The number of benzene rings is 1. The summed E-state index contributed by atoms with van der Waals surface area (Å²) >= 11 is 6.16. The second-order valence-corrected chi connectivity index (χ2v) is 7.37. The summed E-state index contributed by atoms with van der Waals surface area (Å²) in [6.45, 7) is 3.19. The Hall–Kier alpha value is -2.05. The Balaban J connectivity index is 1.61. The van der Waals surface area contributed by atoms with Crippen LogP contribution >= 0.6 is 11.6 Å². The van der Waals surface area contributed by atoms with Crippen molar-refractivity contribution in [1.82, 2.24) is 14.7 Å². The Bertz CT molecular complexity index is 792. The molecule has 3 rings (SSSR count). The molecule has 1 aliphatic rings. The van der Waals surface area contributed by atoms with Crippen molar-refractivity contribution in [3.63, 3.8) is 0 Å². The van der Waals surface area contributed by atoms with Crippen molar-refractivity contribution in [1.29, 1.82) is 0 Å². The maximum absolute atomic E-state index is 12.6. The summed E-state index contributed by atoms with van der Waals surface area (Å²) in [5.74, 6) is 0.475. The number of aliphatic hydroxyl groups is 1. The van der Waals surface area contributed by atoms with Crippen molar-refractivity contribution in [2.24, 2.45) is 7.05 Å². The standard InChI is InChI=1S/C19H24ClN3O3/c1-14-4-5-15(20)17(12-14)26-13-19(25)7-3-9-23(11-8-19)18(24)16-6-10-22(2)21-16/h4-6,10,12,25H,3,7-9,11,13H2,1-2H3/t19-/m0/s1. The molecule has 0 bridgehead atoms. The van der Waals surface area contributed by atoms with E-state index in [-0.39, 0.29) is 12.5 Å². The lowest BCUT2D eigenvalue weighted by atomic mass is 9.96. The zero-order valence-electron chi connectivity index (χ0n) is 15.1. The number of aromatic nitrogens is 2. The van der Waals surface area contributed by atoms with Gasteiger partial charge < -0.3 is 14.7 Å². The summed E-state index contributed by atoms with van der Waals surface area (Å²) in [4.78, 5) is 14.3. The first kappa shape index (κ1) is 18.7. The lowest BCUT2D eigenvalue weighted by Gasteiger charge is -2.27. The first-order valence-corrected chi connectivity index (χ1v) is 9.14. The molecule has 1 amide bonds. The van der Waals surface area contributed by atoms with Gasteiger partial charge in [0.1, 0.15) is 23.7 Å². The molecule has 1 aromatic carbocycles. The third kappa shape index (κ3) is 4.37. The fourth-order valence-electron chi connectivity index (χ4n) is 3.15. The summed E-state index contributed by atoms with van der Waals surface area (Å²) in [5.41, 5.74) is 0.497. The molecule has 6 nitrogen and oxygen atoms in total. The molecule has 0 spiro atoms. The van der Waals surface area contributed by atoms with Crippen LogP contribution in [0.3, 0.4) is 0 Å². The molecule has 26 heavy (non-hydrogen) atoms. The minimum atomic E-state index is -0.980. The summed E-state index contributed by atoms with van der Waals surface area (Å²) < 4.78 is 7.41. The summed E-state index contributed by atoms with van der Waals surface area (Å²) in [7, 11) is 1.78. The van der Waals surface area contributed by atoms with Crippen molar-refractivity contribution in [2.75, 3.05) is 19.7 Å². The number of rotatable bonds is 4. The molecule has 1 atom stereocenters. The molecular formula is C19H24ClN3O3. The van der Waals surface area contributed by atoms with Crippen molar-refractivity contribution < 1.29 is 14.6 Å². The lowest BCUT2D eigenvalue weighted by molar-refractivity contribution is -0.0163. The third-order valence-electron chi connectivity index (χ3n) is 4.72. The Labute approximate surface area is 158 Å². The number of aryl methyl sites for hydroxylation is 2. The lowest BCUT2D eigenvalue weighted by Crippen LogP contribution is -2.38. The van der Waals surface area contributed by atoms with E-state index in [4.69, 9.17) is 16.3 Å². The summed E-state index contributed by atoms with van der Waals surface area (Å²) in [6.07, 6.45) is 3.48. The van der Waals surface area contributed by atoms with Gasteiger partial charge in [-0.1, -0.05) is 17.7 Å². The number of carbonyl (C=O) groups excluding carboxylic acids is 1. The molecule has 2 heterocycles. The second kappa shape index (κ2) is 7.68. The van der Waals surface area contributed by atoms with E-state index in [1.54, 1.807) is 35.0 Å². The van der Waals surface area contributed by atoms with Crippen LogP contribution < -0.4 is 4.74 Å². The topological polar surface area (TPSA) is 67.6 Å². The van der Waals surface area contributed by atoms with Gasteiger partial charge >= 0.3 is 0 Å². The zero-order chi connectivity index (χ0) is 18.7. The molecule has 1 fully saturated rings. The molecule has 7 heteroatoms. The number of hydrogen-bond acceptors (Lipinski definition) is 4. The van der Waals surface area contributed by atoms with Crippen LogP contribution in [0.1, 0.15) is 35.3 Å². The van der Waals surface area contributed by atoms with E-state index in [1.165, 1.54) is 0 Å². The minimum Gasteiger partial charge on any atom is -0.489 e. The zero-order valence-corrected chi connectivity index (χ0v) is 15.9. The van der Waals surface area contributed by atoms with Crippen LogP contribution in [0, 0.1) is 6.92 Å². The van der Waals surface area contributed by atoms with Gasteiger partial charge in [-0.2, -0.15) is 5.10 Å². The largest absolute Gasteiger partial charge is 0.489 e. The molecule has 1 N–H and O–H groups in total. The van der Waals surface area contributed by atoms with E-state index in [2.05, 4.69) is 5.10 Å². The minimum absolute atomic E-state index is 0.0995. The monoisotopic (exact) mass is 377 g/mol.